The van der Waals surface area contributed by atoms with Gasteiger partial charge in [-0.2, -0.15) is 11.2 Å². The van der Waals surface area contributed by atoms with Crippen LogP contribution in [0, 0.1) is 12.1 Å². The van der Waals surface area contributed by atoms with Gasteiger partial charge in [0.25, 0.3) is 0 Å². The second-order valence-electron chi connectivity index (χ2n) is 14.3. The van der Waals surface area contributed by atoms with E-state index in [1.54, 1.807) is 0 Å². The van der Waals surface area contributed by atoms with E-state index in [-0.39, 0.29) is 27.0 Å². The van der Waals surface area contributed by atoms with Crippen LogP contribution in [0.3, 0.4) is 0 Å². The number of aromatic nitrogens is 4. The monoisotopic (exact) mass is 839 g/mol. The van der Waals surface area contributed by atoms with E-state index in [1.807, 2.05) is 23.1 Å². The van der Waals surface area contributed by atoms with Gasteiger partial charge in [-0.15, -0.1) is 41.3 Å². The number of para-hydroxylation sites is 1. The molecule has 0 aliphatic rings. The molecule has 0 aliphatic carbocycles. The number of hydrogen-bond acceptors (Lipinski definition) is 3. The van der Waals surface area contributed by atoms with Crippen molar-refractivity contribution in [2.75, 3.05) is 0 Å². The summed E-state index contributed by atoms with van der Waals surface area (Å²) in [4.78, 5) is 4.79. The summed E-state index contributed by atoms with van der Waals surface area (Å²) in [6.45, 7) is 17.8. The second-order valence-corrected chi connectivity index (χ2v) is 14.3. The van der Waals surface area contributed by atoms with Crippen LogP contribution in [0.2, 0.25) is 0 Å². The van der Waals surface area contributed by atoms with Crippen molar-refractivity contribution in [3.63, 3.8) is 0 Å². The van der Waals surface area contributed by atoms with Crippen LogP contribution < -0.4 is 4.74 Å². The molecule has 7 aromatic rings. The number of hydrogen-bond donors (Lipinski definition) is 0. The standard InChI is InChI=1S/C44H44N4O.Pt/c1-27(2)31-18-19-45-43(22-31)48-41-15-10-9-12-39(41)40-17-16-35(24-42(40)48)49-36-21-32(28(3)4)20-34(23-36)47-26-33(25-46-47)44-37(29(5)6)13-11-14-38(44)30(7)8;/h9-22,25-30H,1-8H3;/q-2;+2. The Bertz CT molecular complexity index is 2270. The Balaban J connectivity index is 0.00000432. The van der Waals surface area contributed by atoms with Gasteiger partial charge in [0.2, 0.25) is 0 Å². The van der Waals surface area contributed by atoms with E-state index in [9.17, 15) is 0 Å². The molecule has 6 heteroatoms. The first-order valence-corrected chi connectivity index (χ1v) is 17.4. The van der Waals surface area contributed by atoms with E-state index in [0.29, 0.717) is 29.3 Å². The summed E-state index contributed by atoms with van der Waals surface area (Å²) in [5.74, 6) is 3.59. The largest absolute Gasteiger partial charge is 2.00 e. The first-order valence-electron chi connectivity index (χ1n) is 17.4. The van der Waals surface area contributed by atoms with Gasteiger partial charge >= 0.3 is 21.1 Å². The van der Waals surface area contributed by atoms with Crippen molar-refractivity contribution in [2.24, 2.45) is 0 Å². The molecule has 3 heterocycles. The van der Waals surface area contributed by atoms with Crippen molar-refractivity contribution in [3.8, 4) is 34.1 Å². The second kappa shape index (κ2) is 14.4. The minimum Gasteiger partial charge on any atom is -0.509 e. The van der Waals surface area contributed by atoms with Crippen LogP contribution in [0.15, 0.2) is 97.5 Å². The van der Waals surface area contributed by atoms with Crippen LogP contribution in [-0.4, -0.2) is 19.3 Å². The zero-order valence-corrected chi connectivity index (χ0v) is 32.3. The van der Waals surface area contributed by atoms with Crippen LogP contribution in [-0.2, 0) is 21.1 Å². The fraction of sp³-hybridized carbons (Fsp3) is 0.273. The maximum atomic E-state index is 6.59. The molecular formula is C44H44N4OPt. The normalized spacial score (nSPS) is 11.8. The molecule has 0 unspecified atom stereocenters. The van der Waals surface area contributed by atoms with Gasteiger partial charge in [0.1, 0.15) is 5.82 Å². The molecule has 0 saturated heterocycles. The van der Waals surface area contributed by atoms with Crippen LogP contribution in [0.25, 0.3) is 44.4 Å². The van der Waals surface area contributed by atoms with Gasteiger partial charge in [0, 0.05) is 35.0 Å². The Hall–Kier alpha value is -4.47. The van der Waals surface area contributed by atoms with Gasteiger partial charge in [-0.3, -0.25) is 4.68 Å². The third kappa shape index (κ3) is 6.68. The molecule has 7 rings (SSSR count). The molecule has 256 valence electrons. The van der Waals surface area contributed by atoms with Gasteiger partial charge < -0.3 is 9.30 Å². The molecule has 0 spiro atoms. The first-order chi connectivity index (χ1) is 23.6. The van der Waals surface area contributed by atoms with E-state index >= 15 is 0 Å². The van der Waals surface area contributed by atoms with Gasteiger partial charge in [-0.1, -0.05) is 97.3 Å². The molecular weight excluding hydrogens is 796 g/mol. The van der Waals surface area contributed by atoms with E-state index in [2.05, 4.69) is 151 Å². The van der Waals surface area contributed by atoms with Gasteiger partial charge in [0.05, 0.1) is 6.20 Å². The predicted octanol–water partition coefficient (Wildman–Crippen LogP) is 11.9. The van der Waals surface area contributed by atoms with Crippen LogP contribution in [0.1, 0.15) is 101 Å². The molecule has 0 aliphatic heterocycles. The number of nitrogens with zero attached hydrogens (tertiary/aromatic N) is 4. The Morgan fingerprint density at radius 1 is 0.660 bits per heavy atom. The minimum absolute atomic E-state index is 0. The predicted molar refractivity (Wildman–Crippen MR) is 202 cm³/mol. The Labute approximate surface area is 310 Å². The van der Waals surface area contributed by atoms with Crippen molar-refractivity contribution in [3.05, 3.63) is 132 Å². The Kier molecular flexibility index (Phi) is 10.2. The molecule has 4 aromatic carbocycles. The minimum atomic E-state index is 0. The first kappa shape index (κ1) is 35.4. The van der Waals surface area contributed by atoms with Crippen LogP contribution >= 0.6 is 0 Å². The van der Waals surface area contributed by atoms with Crippen molar-refractivity contribution in [1.82, 2.24) is 19.3 Å². The molecule has 0 atom stereocenters. The van der Waals surface area contributed by atoms with Gasteiger partial charge in [-0.25, -0.2) is 4.98 Å². The fourth-order valence-corrected chi connectivity index (χ4v) is 6.73. The van der Waals surface area contributed by atoms with Gasteiger partial charge in [-0.05, 0) is 75.2 Å². The maximum absolute atomic E-state index is 6.59. The molecule has 5 nitrogen and oxygen atoms in total. The van der Waals surface area contributed by atoms with Crippen LogP contribution in [0.5, 0.6) is 11.5 Å². The third-order valence-electron chi connectivity index (χ3n) is 9.45. The zero-order valence-electron chi connectivity index (χ0n) is 30.1. The quantitative estimate of drug-likeness (QED) is 0.136. The number of ether oxygens (including phenoxy) is 1. The summed E-state index contributed by atoms with van der Waals surface area (Å²) in [6, 6.07) is 34.8. The topological polar surface area (TPSA) is 44.9 Å². The zero-order chi connectivity index (χ0) is 34.4. The van der Waals surface area contributed by atoms with Crippen molar-refractivity contribution in [1.29, 1.82) is 0 Å². The molecule has 0 bridgehead atoms. The summed E-state index contributed by atoms with van der Waals surface area (Å²) in [5, 5.41) is 7.11. The molecule has 0 N–H and O–H groups in total. The van der Waals surface area contributed by atoms with E-state index < -0.39 is 0 Å². The Morgan fingerprint density at radius 3 is 2.08 bits per heavy atom. The molecule has 3 aromatic heterocycles. The molecule has 50 heavy (non-hydrogen) atoms. The van der Waals surface area contributed by atoms with E-state index in [4.69, 9.17) is 14.8 Å². The maximum Gasteiger partial charge on any atom is 2.00 e. The third-order valence-corrected chi connectivity index (χ3v) is 9.45. The number of rotatable bonds is 9. The fourth-order valence-electron chi connectivity index (χ4n) is 6.73. The molecule has 0 radical (unpaired) electrons. The van der Waals surface area contributed by atoms with E-state index in [1.165, 1.54) is 22.3 Å². The molecule has 0 fully saturated rings. The molecule has 0 amide bonds. The average Bonchev–Trinajstić information content (AvgIpc) is 3.71. The summed E-state index contributed by atoms with van der Waals surface area (Å²) in [7, 11) is 0. The Morgan fingerprint density at radius 2 is 1.38 bits per heavy atom. The average molecular weight is 840 g/mol. The number of fused-ring (bicyclic) bond motifs is 3. The molecule has 0 saturated carbocycles. The smallest absolute Gasteiger partial charge is 0.509 e. The van der Waals surface area contributed by atoms with Crippen molar-refractivity contribution >= 4 is 21.8 Å². The SMILES string of the molecule is CC(C)c1cc(Oc2[c-]c3c(cc2)c2ccccc2n3-c2cc(C(C)C)ccn2)[c-]c(-n2cc(-c3c(C(C)C)cccc3C(C)C)cn2)c1.[Pt+2]. The number of pyridine rings is 1. The summed E-state index contributed by atoms with van der Waals surface area (Å²) < 4.78 is 10.7. The van der Waals surface area contributed by atoms with E-state index in [0.717, 1.165) is 44.4 Å². The van der Waals surface area contributed by atoms with Gasteiger partial charge in [0.15, 0.2) is 0 Å². The summed E-state index contributed by atoms with van der Waals surface area (Å²) in [5.41, 5.74) is 10.3. The van der Waals surface area contributed by atoms with Crippen LogP contribution in [0.4, 0.5) is 0 Å². The van der Waals surface area contributed by atoms with Crippen molar-refractivity contribution < 1.29 is 25.8 Å². The summed E-state index contributed by atoms with van der Waals surface area (Å²) in [6.07, 6.45) is 6.00. The number of benzene rings is 4. The van der Waals surface area contributed by atoms with Crippen molar-refractivity contribution in [2.45, 2.75) is 79.1 Å². The summed E-state index contributed by atoms with van der Waals surface area (Å²) >= 11 is 0.